The van der Waals surface area contributed by atoms with E-state index in [4.69, 9.17) is 16.3 Å². The Labute approximate surface area is 166 Å². The number of fused-ring (bicyclic) bond motifs is 1. The Bertz CT molecular complexity index is 1050. The zero-order valence-electron chi connectivity index (χ0n) is 14.9. The van der Waals surface area contributed by atoms with E-state index in [0.717, 1.165) is 17.7 Å². The van der Waals surface area contributed by atoms with Crippen LogP contribution in [0.2, 0.25) is 5.02 Å². The number of hydrogen-bond donors (Lipinski definition) is 0. The Kier molecular flexibility index (Phi) is 5.71. The molecule has 0 amide bonds. The molecule has 1 heterocycles. The first kappa shape index (κ1) is 20.3. The summed E-state index contributed by atoms with van der Waals surface area (Å²) in [6, 6.07) is 8.11. The molecule has 0 unspecified atom stereocenters. The van der Waals surface area contributed by atoms with Crippen LogP contribution in [0.4, 0.5) is 10.1 Å². The number of Topliss-reactive ketones (excluding diaryl/α,β-unsaturated/α-hetero) is 1. The number of carbonyl (C=O) groups is 2. The van der Waals surface area contributed by atoms with Crippen molar-refractivity contribution in [3.63, 3.8) is 0 Å². The lowest BCUT2D eigenvalue weighted by atomic mass is 10.1. The Balaban J connectivity index is 1.71. The fourth-order valence-electron chi connectivity index (χ4n) is 2.94. The number of anilines is 1. The highest BCUT2D eigenvalue weighted by Crippen LogP contribution is 2.31. The first-order chi connectivity index (χ1) is 13.2. The van der Waals surface area contributed by atoms with Crippen LogP contribution in [0.3, 0.4) is 0 Å². The molecule has 2 aromatic rings. The maximum atomic E-state index is 13.7. The molecule has 9 heteroatoms. The number of nitrogens with zero attached hydrogens (tertiary/aromatic N) is 1. The topological polar surface area (TPSA) is 80.8 Å². The van der Waals surface area contributed by atoms with Crippen molar-refractivity contribution in [2.75, 3.05) is 23.2 Å². The highest BCUT2D eigenvalue weighted by Gasteiger charge is 2.28. The van der Waals surface area contributed by atoms with E-state index in [2.05, 4.69) is 0 Å². The molecule has 148 valence electrons. The van der Waals surface area contributed by atoms with Gasteiger partial charge in [-0.15, -0.1) is 0 Å². The van der Waals surface area contributed by atoms with Gasteiger partial charge in [0.15, 0.2) is 12.4 Å². The highest BCUT2D eigenvalue weighted by atomic mass is 35.5. The minimum Gasteiger partial charge on any atom is -0.454 e. The lowest BCUT2D eigenvalue weighted by Crippen LogP contribution is -2.30. The monoisotopic (exact) mass is 425 g/mol. The van der Waals surface area contributed by atoms with Gasteiger partial charge in [0.25, 0.3) is 0 Å². The van der Waals surface area contributed by atoms with E-state index >= 15 is 0 Å². The average molecular weight is 426 g/mol. The van der Waals surface area contributed by atoms with Crippen molar-refractivity contribution in [2.45, 2.75) is 13.3 Å². The summed E-state index contributed by atoms with van der Waals surface area (Å²) in [5.74, 6) is -2.27. The van der Waals surface area contributed by atoms with Crippen molar-refractivity contribution >= 4 is 39.1 Å². The zero-order chi connectivity index (χ0) is 20.5. The van der Waals surface area contributed by atoms with Gasteiger partial charge in [-0.25, -0.2) is 17.6 Å². The van der Waals surface area contributed by atoms with Crippen molar-refractivity contribution in [1.82, 2.24) is 0 Å². The number of ketones is 1. The standard InChI is InChI=1S/C19H17ClFNO5S/c1-2-28(25,26)22-8-7-12-9-13(3-6-17(12)22)18(23)11-27-19(24)15-10-14(20)4-5-16(15)21/h3-6,9-10H,2,7-8,11H2,1H3. The molecule has 6 nitrogen and oxygen atoms in total. The maximum absolute atomic E-state index is 13.7. The molecule has 0 bridgehead atoms. The molecule has 0 saturated heterocycles. The molecule has 0 aliphatic carbocycles. The van der Waals surface area contributed by atoms with E-state index in [-0.39, 0.29) is 21.9 Å². The van der Waals surface area contributed by atoms with Crippen LogP contribution < -0.4 is 4.31 Å². The predicted octanol–water partition coefficient (Wildman–Crippen LogP) is 3.23. The fraction of sp³-hybridized carbons (Fsp3) is 0.263. The van der Waals surface area contributed by atoms with E-state index in [1.165, 1.54) is 16.4 Å². The van der Waals surface area contributed by atoms with Gasteiger partial charge >= 0.3 is 5.97 Å². The van der Waals surface area contributed by atoms with Crippen molar-refractivity contribution in [3.8, 4) is 0 Å². The first-order valence-corrected chi connectivity index (χ1v) is 10.5. The van der Waals surface area contributed by atoms with E-state index in [9.17, 15) is 22.4 Å². The van der Waals surface area contributed by atoms with Gasteiger partial charge in [0.2, 0.25) is 10.0 Å². The van der Waals surface area contributed by atoms with Gasteiger partial charge in [0, 0.05) is 17.1 Å². The minimum absolute atomic E-state index is 0.0108. The normalized spacial score (nSPS) is 13.3. The van der Waals surface area contributed by atoms with Gasteiger partial charge in [-0.3, -0.25) is 9.10 Å². The minimum atomic E-state index is -3.37. The molecular weight excluding hydrogens is 409 g/mol. The number of ether oxygens (including phenoxy) is 1. The van der Waals surface area contributed by atoms with Crippen molar-refractivity contribution in [2.24, 2.45) is 0 Å². The van der Waals surface area contributed by atoms with Crippen molar-refractivity contribution < 1.29 is 27.1 Å². The molecule has 3 rings (SSSR count). The van der Waals surface area contributed by atoms with Gasteiger partial charge in [0.1, 0.15) is 5.82 Å². The van der Waals surface area contributed by atoms with Crippen LogP contribution in [0.5, 0.6) is 0 Å². The van der Waals surface area contributed by atoms with Crippen LogP contribution in [-0.2, 0) is 21.2 Å². The number of sulfonamides is 1. The highest BCUT2D eigenvalue weighted by molar-refractivity contribution is 7.92. The van der Waals surface area contributed by atoms with Gasteiger partial charge in [-0.2, -0.15) is 0 Å². The second kappa shape index (κ2) is 7.89. The number of esters is 1. The van der Waals surface area contributed by atoms with Gasteiger partial charge < -0.3 is 4.74 Å². The third kappa shape index (κ3) is 4.02. The Morgan fingerprint density at radius 1 is 1.21 bits per heavy atom. The maximum Gasteiger partial charge on any atom is 0.341 e. The SMILES string of the molecule is CCS(=O)(=O)N1CCc2cc(C(=O)COC(=O)c3cc(Cl)ccc3F)ccc21. The van der Waals surface area contributed by atoms with Crippen molar-refractivity contribution in [3.05, 3.63) is 63.9 Å². The van der Waals surface area contributed by atoms with Crippen LogP contribution in [0.25, 0.3) is 0 Å². The summed E-state index contributed by atoms with van der Waals surface area (Å²) in [5, 5.41) is 0.171. The van der Waals surface area contributed by atoms with Gasteiger partial charge in [0.05, 0.1) is 17.0 Å². The quantitative estimate of drug-likeness (QED) is 0.524. The number of rotatable bonds is 6. The number of halogens is 2. The Morgan fingerprint density at radius 2 is 1.96 bits per heavy atom. The molecule has 0 spiro atoms. The van der Waals surface area contributed by atoms with Gasteiger partial charge in [-0.1, -0.05) is 11.6 Å². The molecule has 0 N–H and O–H groups in total. The summed E-state index contributed by atoms with van der Waals surface area (Å²) in [5.41, 5.74) is 1.22. The summed E-state index contributed by atoms with van der Waals surface area (Å²) in [6.45, 7) is 1.33. The predicted molar refractivity (Wildman–Crippen MR) is 103 cm³/mol. The van der Waals surface area contributed by atoms with Crippen LogP contribution in [-0.4, -0.2) is 39.1 Å². The number of benzene rings is 2. The summed E-state index contributed by atoms with van der Waals surface area (Å²) in [6.07, 6.45) is 0.489. The summed E-state index contributed by atoms with van der Waals surface area (Å²) in [4.78, 5) is 24.3. The Hall–Kier alpha value is -2.45. The summed E-state index contributed by atoms with van der Waals surface area (Å²) >= 11 is 5.74. The smallest absolute Gasteiger partial charge is 0.341 e. The third-order valence-electron chi connectivity index (χ3n) is 4.44. The van der Waals surface area contributed by atoms with Crippen LogP contribution in [0.1, 0.15) is 33.2 Å². The van der Waals surface area contributed by atoms with Crippen molar-refractivity contribution in [1.29, 1.82) is 0 Å². The summed E-state index contributed by atoms with van der Waals surface area (Å²) in [7, 11) is -3.37. The van der Waals surface area contributed by atoms with Crippen LogP contribution in [0, 0.1) is 5.82 Å². The largest absolute Gasteiger partial charge is 0.454 e. The van der Waals surface area contributed by atoms with E-state index < -0.39 is 34.2 Å². The van der Waals surface area contributed by atoms with E-state index in [1.54, 1.807) is 19.1 Å². The third-order valence-corrected chi connectivity index (χ3v) is 6.45. The van der Waals surface area contributed by atoms with Gasteiger partial charge in [-0.05, 0) is 55.3 Å². The molecule has 1 aliphatic heterocycles. The molecule has 1 aliphatic rings. The Morgan fingerprint density at radius 3 is 2.68 bits per heavy atom. The zero-order valence-corrected chi connectivity index (χ0v) is 16.5. The molecule has 0 saturated carbocycles. The molecular formula is C19H17ClFNO5S. The molecule has 2 aromatic carbocycles. The lowest BCUT2D eigenvalue weighted by molar-refractivity contribution is 0.0470. The molecule has 0 fully saturated rings. The molecule has 0 aromatic heterocycles. The number of hydrogen-bond acceptors (Lipinski definition) is 5. The fourth-order valence-corrected chi connectivity index (χ4v) is 4.27. The average Bonchev–Trinajstić information content (AvgIpc) is 3.11. The van der Waals surface area contributed by atoms with Crippen LogP contribution in [0.15, 0.2) is 36.4 Å². The second-order valence-electron chi connectivity index (χ2n) is 6.19. The first-order valence-electron chi connectivity index (χ1n) is 8.51. The summed E-state index contributed by atoms with van der Waals surface area (Å²) < 4.78 is 44.1. The molecule has 0 atom stereocenters. The van der Waals surface area contributed by atoms with E-state index in [0.29, 0.717) is 18.7 Å². The molecule has 0 radical (unpaired) electrons. The second-order valence-corrected chi connectivity index (χ2v) is 8.81. The number of carbonyl (C=O) groups excluding carboxylic acids is 2. The van der Waals surface area contributed by atoms with Crippen LogP contribution >= 0.6 is 11.6 Å². The van der Waals surface area contributed by atoms with E-state index in [1.807, 2.05) is 0 Å². The lowest BCUT2D eigenvalue weighted by Gasteiger charge is -2.18. The molecule has 28 heavy (non-hydrogen) atoms.